The van der Waals surface area contributed by atoms with Gasteiger partial charge < -0.3 is 20.4 Å². The first-order valence-corrected chi connectivity index (χ1v) is 8.88. The SMILES string of the molecule is Nc1ccc2oc3cc(NC(=O)CCN4CCCC4)ccc3c(=O)c2c1. The second-order valence-electron chi connectivity index (χ2n) is 6.74. The molecule has 6 heteroatoms. The first kappa shape index (κ1) is 16.6. The minimum atomic E-state index is -0.125. The molecule has 4 rings (SSSR count). The lowest BCUT2D eigenvalue weighted by Crippen LogP contribution is -2.25. The molecule has 26 heavy (non-hydrogen) atoms. The molecule has 2 aromatic carbocycles. The molecule has 1 aliphatic rings. The second kappa shape index (κ2) is 6.80. The van der Waals surface area contributed by atoms with Gasteiger partial charge in [0.05, 0.1) is 10.8 Å². The zero-order valence-electron chi connectivity index (χ0n) is 14.5. The van der Waals surface area contributed by atoms with E-state index in [1.54, 1.807) is 36.4 Å². The summed E-state index contributed by atoms with van der Waals surface area (Å²) in [7, 11) is 0. The highest BCUT2D eigenvalue weighted by Gasteiger charge is 2.14. The van der Waals surface area contributed by atoms with E-state index in [0.29, 0.717) is 39.7 Å². The van der Waals surface area contributed by atoms with Crippen molar-refractivity contribution in [2.75, 3.05) is 30.7 Å². The van der Waals surface area contributed by atoms with Crippen LogP contribution >= 0.6 is 0 Å². The maximum atomic E-state index is 12.6. The summed E-state index contributed by atoms with van der Waals surface area (Å²) < 4.78 is 5.83. The number of hydrogen-bond acceptors (Lipinski definition) is 5. The minimum absolute atomic E-state index is 0.0350. The van der Waals surface area contributed by atoms with Crippen molar-refractivity contribution in [2.24, 2.45) is 0 Å². The maximum Gasteiger partial charge on any atom is 0.225 e. The van der Waals surface area contributed by atoms with Crippen LogP contribution in [0.15, 0.2) is 45.6 Å². The molecule has 0 radical (unpaired) electrons. The van der Waals surface area contributed by atoms with Crippen LogP contribution in [0.2, 0.25) is 0 Å². The Hall–Kier alpha value is -2.86. The van der Waals surface area contributed by atoms with E-state index < -0.39 is 0 Å². The summed E-state index contributed by atoms with van der Waals surface area (Å²) in [5.74, 6) is -0.0350. The van der Waals surface area contributed by atoms with Crippen molar-refractivity contribution in [1.82, 2.24) is 4.90 Å². The van der Waals surface area contributed by atoms with Crippen LogP contribution in [-0.2, 0) is 4.79 Å². The van der Waals surface area contributed by atoms with Crippen LogP contribution in [0.5, 0.6) is 0 Å². The second-order valence-corrected chi connectivity index (χ2v) is 6.74. The van der Waals surface area contributed by atoms with Crippen molar-refractivity contribution in [3.8, 4) is 0 Å². The third kappa shape index (κ3) is 3.28. The predicted octanol–water partition coefficient (Wildman–Crippen LogP) is 2.95. The van der Waals surface area contributed by atoms with Gasteiger partial charge in [0.1, 0.15) is 11.2 Å². The summed E-state index contributed by atoms with van der Waals surface area (Å²) >= 11 is 0. The van der Waals surface area contributed by atoms with Crippen molar-refractivity contribution < 1.29 is 9.21 Å². The molecular weight excluding hydrogens is 330 g/mol. The number of nitrogens with zero attached hydrogens (tertiary/aromatic N) is 1. The third-order valence-electron chi connectivity index (χ3n) is 4.83. The first-order chi connectivity index (χ1) is 12.6. The van der Waals surface area contributed by atoms with Crippen molar-refractivity contribution in [2.45, 2.75) is 19.3 Å². The zero-order valence-corrected chi connectivity index (χ0v) is 14.5. The summed E-state index contributed by atoms with van der Waals surface area (Å²) in [6.45, 7) is 2.93. The van der Waals surface area contributed by atoms with Gasteiger partial charge in [-0.25, -0.2) is 0 Å². The van der Waals surface area contributed by atoms with E-state index in [0.717, 1.165) is 19.6 Å². The fraction of sp³-hybridized carbons (Fsp3) is 0.300. The number of amides is 1. The van der Waals surface area contributed by atoms with Gasteiger partial charge in [-0.2, -0.15) is 0 Å². The molecule has 0 spiro atoms. The smallest absolute Gasteiger partial charge is 0.225 e. The van der Waals surface area contributed by atoms with E-state index in [2.05, 4.69) is 10.2 Å². The van der Waals surface area contributed by atoms with Gasteiger partial charge in [-0.15, -0.1) is 0 Å². The molecule has 6 nitrogen and oxygen atoms in total. The van der Waals surface area contributed by atoms with Crippen molar-refractivity contribution in [3.05, 3.63) is 46.6 Å². The van der Waals surface area contributed by atoms with Crippen LogP contribution in [0, 0.1) is 0 Å². The molecule has 1 aromatic heterocycles. The summed E-state index contributed by atoms with van der Waals surface area (Å²) in [5.41, 5.74) is 7.71. The lowest BCUT2D eigenvalue weighted by atomic mass is 10.1. The summed E-state index contributed by atoms with van der Waals surface area (Å²) in [6, 6.07) is 10.1. The number of carbonyl (C=O) groups is 1. The molecule has 1 amide bonds. The number of nitrogens with one attached hydrogen (secondary N) is 1. The average molecular weight is 351 g/mol. The fourth-order valence-electron chi connectivity index (χ4n) is 3.44. The van der Waals surface area contributed by atoms with E-state index in [9.17, 15) is 9.59 Å². The largest absolute Gasteiger partial charge is 0.456 e. The number of nitrogens with two attached hydrogens (primary N) is 1. The lowest BCUT2D eigenvalue weighted by Gasteiger charge is -2.14. The molecule has 0 atom stereocenters. The highest BCUT2D eigenvalue weighted by molar-refractivity contribution is 5.96. The van der Waals surface area contributed by atoms with Crippen LogP contribution in [0.3, 0.4) is 0 Å². The first-order valence-electron chi connectivity index (χ1n) is 8.88. The van der Waals surface area contributed by atoms with Crippen molar-refractivity contribution in [3.63, 3.8) is 0 Å². The van der Waals surface area contributed by atoms with Gasteiger partial charge in [-0.3, -0.25) is 9.59 Å². The van der Waals surface area contributed by atoms with Crippen LogP contribution in [0.25, 0.3) is 21.9 Å². The van der Waals surface area contributed by atoms with E-state index in [4.69, 9.17) is 10.2 Å². The Labute approximate surface area is 150 Å². The van der Waals surface area contributed by atoms with Gasteiger partial charge in [0, 0.05) is 30.4 Å². The zero-order chi connectivity index (χ0) is 18.1. The molecular formula is C20H21N3O3. The Kier molecular flexibility index (Phi) is 4.34. The Balaban J connectivity index is 1.57. The Morgan fingerprint density at radius 1 is 1.08 bits per heavy atom. The number of fused-ring (bicyclic) bond motifs is 2. The minimum Gasteiger partial charge on any atom is -0.456 e. The predicted molar refractivity (Wildman–Crippen MR) is 103 cm³/mol. The van der Waals surface area contributed by atoms with Crippen LogP contribution in [0.1, 0.15) is 19.3 Å². The maximum absolute atomic E-state index is 12.6. The van der Waals surface area contributed by atoms with E-state index >= 15 is 0 Å². The molecule has 0 aliphatic carbocycles. The van der Waals surface area contributed by atoms with Crippen LogP contribution in [-0.4, -0.2) is 30.4 Å². The molecule has 3 N–H and O–H groups in total. The standard InChI is InChI=1S/C20H21N3O3/c21-13-3-6-17-16(11-13)20(25)15-5-4-14(12-18(15)26-17)22-19(24)7-10-23-8-1-2-9-23/h3-6,11-12H,1-2,7-10,21H2,(H,22,24). The molecule has 0 saturated carbocycles. The van der Waals surface area contributed by atoms with Gasteiger partial charge in [-0.1, -0.05) is 0 Å². The number of benzene rings is 2. The molecule has 2 heterocycles. The monoisotopic (exact) mass is 351 g/mol. The lowest BCUT2D eigenvalue weighted by molar-refractivity contribution is -0.116. The Morgan fingerprint density at radius 3 is 2.69 bits per heavy atom. The topological polar surface area (TPSA) is 88.6 Å². The Bertz CT molecular complexity index is 1040. The van der Waals surface area contributed by atoms with Crippen molar-refractivity contribution >= 4 is 39.2 Å². The number of carbonyl (C=O) groups excluding carboxylic acids is 1. The molecule has 134 valence electrons. The molecule has 3 aromatic rings. The van der Waals surface area contributed by atoms with E-state index in [1.807, 2.05) is 0 Å². The number of rotatable bonds is 4. The average Bonchev–Trinajstić information content (AvgIpc) is 3.14. The fourth-order valence-corrected chi connectivity index (χ4v) is 3.44. The normalized spacial score (nSPS) is 14.9. The van der Waals surface area contributed by atoms with Gasteiger partial charge in [-0.05, 0) is 56.3 Å². The van der Waals surface area contributed by atoms with Gasteiger partial charge in [0.15, 0.2) is 0 Å². The molecule has 0 unspecified atom stereocenters. The summed E-state index contributed by atoms with van der Waals surface area (Å²) in [5, 5.41) is 3.82. The number of hydrogen-bond donors (Lipinski definition) is 2. The van der Waals surface area contributed by atoms with Gasteiger partial charge in [0.25, 0.3) is 0 Å². The van der Waals surface area contributed by atoms with E-state index in [-0.39, 0.29) is 11.3 Å². The highest BCUT2D eigenvalue weighted by atomic mass is 16.3. The van der Waals surface area contributed by atoms with Gasteiger partial charge in [0.2, 0.25) is 11.3 Å². The van der Waals surface area contributed by atoms with Crippen LogP contribution in [0.4, 0.5) is 11.4 Å². The van der Waals surface area contributed by atoms with E-state index in [1.165, 1.54) is 12.8 Å². The Morgan fingerprint density at radius 2 is 1.88 bits per heavy atom. The molecule has 1 saturated heterocycles. The highest BCUT2D eigenvalue weighted by Crippen LogP contribution is 2.23. The summed E-state index contributed by atoms with van der Waals surface area (Å²) in [4.78, 5) is 27.1. The molecule has 1 aliphatic heterocycles. The molecule has 1 fully saturated rings. The number of anilines is 2. The number of likely N-dealkylation sites (tertiary alicyclic amines) is 1. The van der Waals surface area contributed by atoms with Gasteiger partial charge >= 0.3 is 0 Å². The number of nitrogen functional groups attached to an aromatic ring is 1. The van der Waals surface area contributed by atoms with Crippen molar-refractivity contribution in [1.29, 1.82) is 0 Å². The van der Waals surface area contributed by atoms with Crippen LogP contribution < -0.4 is 16.5 Å². The quantitative estimate of drug-likeness (QED) is 0.557. The molecule has 0 bridgehead atoms. The third-order valence-corrected chi connectivity index (χ3v) is 4.83. The summed E-state index contributed by atoms with van der Waals surface area (Å²) in [6.07, 6.45) is 2.88.